The SMILES string of the molecule is CCc1cc(-n2c(=O)cc(C(F)(F)F)n(C)c2=O)c(F)cc1C#C[Si](C)(C)C. The largest absolute Gasteiger partial charge is 0.431 e. The van der Waals surface area contributed by atoms with Crippen LogP contribution in [0.3, 0.4) is 0 Å². The molecule has 9 heteroatoms. The molecule has 0 bridgehead atoms. The lowest BCUT2D eigenvalue weighted by Crippen LogP contribution is -2.41. The predicted octanol–water partition coefficient (Wildman–Crippen LogP) is 3.49. The van der Waals surface area contributed by atoms with Gasteiger partial charge in [-0.05, 0) is 24.1 Å². The van der Waals surface area contributed by atoms with Gasteiger partial charge in [0.15, 0.2) is 0 Å². The lowest BCUT2D eigenvalue weighted by molar-refractivity contribution is -0.144. The number of hydrogen-bond acceptors (Lipinski definition) is 2. The van der Waals surface area contributed by atoms with Crippen molar-refractivity contribution in [2.75, 3.05) is 0 Å². The highest BCUT2D eigenvalue weighted by Crippen LogP contribution is 2.27. The normalized spacial score (nSPS) is 11.9. The summed E-state index contributed by atoms with van der Waals surface area (Å²) in [5.74, 6) is 2.04. The summed E-state index contributed by atoms with van der Waals surface area (Å²) in [5.41, 5.74) is -0.173. The second-order valence-electron chi connectivity index (χ2n) is 7.36. The van der Waals surface area contributed by atoms with Gasteiger partial charge in [0.1, 0.15) is 19.6 Å². The van der Waals surface area contributed by atoms with Crippen molar-refractivity contribution in [3.8, 4) is 17.2 Å². The van der Waals surface area contributed by atoms with Crippen molar-refractivity contribution in [2.45, 2.75) is 39.2 Å². The van der Waals surface area contributed by atoms with Crippen molar-refractivity contribution in [1.82, 2.24) is 9.13 Å². The first kappa shape index (κ1) is 21.7. The van der Waals surface area contributed by atoms with Crippen molar-refractivity contribution in [3.05, 3.63) is 61.7 Å². The first-order chi connectivity index (χ1) is 12.8. The Morgan fingerprint density at radius 2 is 1.71 bits per heavy atom. The van der Waals surface area contributed by atoms with E-state index in [1.54, 1.807) is 6.92 Å². The Morgan fingerprint density at radius 3 is 2.21 bits per heavy atom. The molecule has 0 saturated carbocycles. The molecule has 1 aromatic carbocycles. The van der Waals surface area contributed by atoms with Crippen LogP contribution in [0.1, 0.15) is 23.7 Å². The standard InChI is InChI=1S/C19H20F4N2O2Si/c1-6-12-10-15(14(20)9-13(12)7-8-28(3,4)5)25-17(26)11-16(19(21,22)23)24(2)18(25)27/h9-11H,6H2,1-5H3. The smallest absolute Gasteiger partial charge is 0.292 e. The first-order valence-electron chi connectivity index (χ1n) is 8.52. The van der Waals surface area contributed by atoms with Gasteiger partial charge in [0.25, 0.3) is 5.56 Å². The van der Waals surface area contributed by atoms with E-state index in [1.807, 2.05) is 19.6 Å². The van der Waals surface area contributed by atoms with Gasteiger partial charge in [-0.1, -0.05) is 32.5 Å². The third kappa shape index (κ3) is 4.44. The molecule has 0 aliphatic heterocycles. The minimum Gasteiger partial charge on any atom is -0.292 e. The molecule has 0 N–H and O–H groups in total. The Balaban J connectivity index is 2.77. The van der Waals surface area contributed by atoms with Gasteiger partial charge in [-0.15, -0.1) is 5.54 Å². The lowest BCUT2D eigenvalue weighted by Gasteiger charge is -2.15. The Bertz CT molecular complexity index is 1100. The predicted molar refractivity (Wildman–Crippen MR) is 102 cm³/mol. The highest BCUT2D eigenvalue weighted by molar-refractivity contribution is 6.83. The van der Waals surface area contributed by atoms with Crippen molar-refractivity contribution in [2.24, 2.45) is 7.05 Å². The van der Waals surface area contributed by atoms with Crippen molar-refractivity contribution < 1.29 is 17.6 Å². The molecule has 2 aromatic rings. The van der Waals surface area contributed by atoms with Crippen molar-refractivity contribution >= 4 is 8.07 Å². The van der Waals surface area contributed by atoms with E-state index in [0.717, 1.165) is 13.1 Å². The van der Waals surface area contributed by atoms with Crippen LogP contribution in [0.15, 0.2) is 27.8 Å². The highest BCUT2D eigenvalue weighted by Gasteiger charge is 2.35. The molecule has 28 heavy (non-hydrogen) atoms. The fourth-order valence-corrected chi connectivity index (χ4v) is 3.07. The summed E-state index contributed by atoms with van der Waals surface area (Å²) < 4.78 is 54.3. The van der Waals surface area contributed by atoms with Crippen molar-refractivity contribution in [1.29, 1.82) is 0 Å². The molecule has 0 amide bonds. The van der Waals surface area contributed by atoms with Gasteiger partial charge < -0.3 is 0 Å². The number of nitrogens with zero attached hydrogens (tertiary/aromatic N) is 2. The summed E-state index contributed by atoms with van der Waals surface area (Å²) in [5, 5.41) is 0. The van der Waals surface area contributed by atoms with Crippen molar-refractivity contribution in [3.63, 3.8) is 0 Å². The fraction of sp³-hybridized carbons (Fsp3) is 0.368. The van der Waals surface area contributed by atoms with Gasteiger partial charge in [0, 0.05) is 18.7 Å². The molecule has 0 aliphatic carbocycles. The number of benzene rings is 1. The van der Waals surface area contributed by atoms with Gasteiger partial charge in [-0.2, -0.15) is 13.2 Å². The van der Waals surface area contributed by atoms with Crippen LogP contribution in [0.4, 0.5) is 17.6 Å². The quantitative estimate of drug-likeness (QED) is 0.431. The second kappa shape index (κ2) is 7.43. The van der Waals surface area contributed by atoms with Crippen LogP contribution >= 0.6 is 0 Å². The average Bonchev–Trinajstić information content (AvgIpc) is 2.56. The highest BCUT2D eigenvalue weighted by atomic mass is 28.3. The molecule has 0 atom stereocenters. The molecule has 0 saturated heterocycles. The maximum absolute atomic E-state index is 14.7. The molecule has 0 unspecified atom stereocenters. The molecule has 0 aliphatic rings. The first-order valence-corrected chi connectivity index (χ1v) is 12.0. The van der Waals surface area contributed by atoms with Gasteiger partial charge >= 0.3 is 11.9 Å². The summed E-state index contributed by atoms with van der Waals surface area (Å²) >= 11 is 0. The van der Waals surface area contributed by atoms with Crippen LogP contribution in [0.25, 0.3) is 5.69 Å². The van der Waals surface area contributed by atoms with E-state index >= 15 is 0 Å². The Hall–Kier alpha value is -2.60. The molecule has 4 nitrogen and oxygen atoms in total. The molecule has 0 spiro atoms. The van der Waals surface area contributed by atoms with Crippen LogP contribution in [0, 0.1) is 17.3 Å². The zero-order chi connectivity index (χ0) is 21.4. The summed E-state index contributed by atoms with van der Waals surface area (Å²) in [6.07, 6.45) is -4.44. The zero-order valence-electron chi connectivity index (χ0n) is 16.2. The van der Waals surface area contributed by atoms with Gasteiger partial charge in [-0.25, -0.2) is 13.8 Å². The van der Waals surface area contributed by atoms with Crippen LogP contribution in [-0.2, 0) is 19.6 Å². The maximum atomic E-state index is 14.7. The molecule has 0 fully saturated rings. The lowest BCUT2D eigenvalue weighted by atomic mass is 10.0. The van der Waals surface area contributed by atoms with Gasteiger partial charge in [-0.3, -0.25) is 9.36 Å². The monoisotopic (exact) mass is 412 g/mol. The number of alkyl halides is 3. The summed E-state index contributed by atoms with van der Waals surface area (Å²) in [7, 11) is -0.836. The Morgan fingerprint density at radius 1 is 1.11 bits per heavy atom. The number of rotatable bonds is 2. The zero-order valence-corrected chi connectivity index (χ0v) is 17.2. The minimum atomic E-state index is -4.88. The van der Waals surface area contributed by atoms with E-state index in [1.165, 1.54) is 6.07 Å². The number of halogens is 4. The van der Waals surface area contributed by atoms with E-state index < -0.39 is 42.7 Å². The van der Waals surface area contributed by atoms with E-state index in [-0.39, 0.29) is 10.6 Å². The molecule has 1 heterocycles. The Labute approximate surface area is 160 Å². The second-order valence-corrected chi connectivity index (χ2v) is 12.1. The molecule has 1 aromatic heterocycles. The van der Waals surface area contributed by atoms with E-state index in [2.05, 4.69) is 11.5 Å². The molecule has 150 valence electrons. The summed E-state index contributed by atoms with van der Waals surface area (Å²) in [6, 6.07) is 2.69. The van der Waals surface area contributed by atoms with E-state index in [4.69, 9.17) is 0 Å². The van der Waals surface area contributed by atoms with Crippen LogP contribution in [0.2, 0.25) is 19.6 Å². The molecule has 2 rings (SSSR count). The number of hydrogen-bond donors (Lipinski definition) is 0. The van der Waals surface area contributed by atoms with E-state index in [0.29, 0.717) is 22.1 Å². The number of aromatic nitrogens is 2. The maximum Gasteiger partial charge on any atom is 0.431 e. The third-order valence-corrected chi connectivity index (χ3v) is 4.85. The number of aryl methyl sites for hydroxylation is 1. The minimum absolute atomic E-state index is 0.283. The topological polar surface area (TPSA) is 44.0 Å². The Kier molecular flexibility index (Phi) is 5.76. The molecule has 0 radical (unpaired) electrons. The van der Waals surface area contributed by atoms with Gasteiger partial charge in [0.05, 0.1) is 5.69 Å². The summed E-state index contributed by atoms with van der Waals surface area (Å²) in [6.45, 7) is 7.88. The fourth-order valence-electron chi connectivity index (χ4n) is 2.56. The van der Waals surface area contributed by atoms with E-state index in [9.17, 15) is 27.2 Å². The van der Waals surface area contributed by atoms with Crippen LogP contribution in [0.5, 0.6) is 0 Å². The van der Waals surface area contributed by atoms with Crippen LogP contribution < -0.4 is 11.2 Å². The third-order valence-electron chi connectivity index (χ3n) is 3.98. The summed E-state index contributed by atoms with van der Waals surface area (Å²) in [4.78, 5) is 24.6. The van der Waals surface area contributed by atoms with Gasteiger partial charge in [0.2, 0.25) is 0 Å². The van der Waals surface area contributed by atoms with Crippen LogP contribution in [-0.4, -0.2) is 17.2 Å². The molecular weight excluding hydrogens is 392 g/mol. The average molecular weight is 412 g/mol. The molecular formula is C19H20F4N2O2Si.